The van der Waals surface area contributed by atoms with Crippen LogP contribution in [0.4, 0.5) is 9.59 Å². The number of rotatable bonds is 10. The van der Waals surface area contributed by atoms with Gasteiger partial charge in [-0.15, -0.1) is 0 Å². The quantitative estimate of drug-likeness (QED) is 0.105. The van der Waals surface area contributed by atoms with E-state index in [1.807, 2.05) is 70.5 Å². The molecule has 2 saturated heterocycles. The van der Waals surface area contributed by atoms with Gasteiger partial charge in [0.15, 0.2) is 0 Å². The second-order valence-corrected chi connectivity index (χ2v) is 18.8. The van der Waals surface area contributed by atoms with Gasteiger partial charge in [-0.3, -0.25) is 14.5 Å². The summed E-state index contributed by atoms with van der Waals surface area (Å²) in [5.41, 5.74) is 8.91. The Balaban J connectivity index is 0.778. The minimum absolute atomic E-state index is 0.0696. The fourth-order valence-corrected chi connectivity index (χ4v) is 11.1. The molecule has 2 aliphatic carbocycles. The summed E-state index contributed by atoms with van der Waals surface area (Å²) in [6.07, 6.45) is 1.62. The number of carbonyl (C=O) groups is 4. The van der Waals surface area contributed by atoms with Crippen LogP contribution in [0.2, 0.25) is 0 Å². The molecule has 4 N–H and O–H groups in total. The monoisotopic (exact) mass is 904 g/mol. The van der Waals surface area contributed by atoms with E-state index in [0.29, 0.717) is 28.8 Å². The number of hydrogen-bond acceptors (Lipinski definition) is 7. The number of likely N-dealkylation sites (tertiary alicyclic amines) is 2. The summed E-state index contributed by atoms with van der Waals surface area (Å²) in [6.45, 7) is 0. The largest absolute Gasteiger partial charge is 0.465 e. The first kappa shape index (κ1) is 41.4. The van der Waals surface area contributed by atoms with E-state index in [1.165, 1.54) is 14.2 Å². The fourth-order valence-electron chi connectivity index (χ4n) is 11.1. The maximum atomic E-state index is 14.3. The molecule has 0 spiro atoms. The van der Waals surface area contributed by atoms with Gasteiger partial charge >= 0.3 is 12.2 Å². The lowest BCUT2D eigenvalue weighted by Crippen LogP contribution is -2.44. The smallest absolute Gasteiger partial charge is 0.407 e. The van der Waals surface area contributed by atoms with E-state index in [4.69, 9.17) is 14.7 Å². The van der Waals surface area contributed by atoms with Crippen LogP contribution in [0.15, 0.2) is 133 Å². The van der Waals surface area contributed by atoms with Gasteiger partial charge in [-0.2, -0.15) is 0 Å². The highest BCUT2D eigenvalue weighted by Crippen LogP contribution is 2.55. The third-order valence-corrected chi connectivity index (χ3v) is 14.7. The molecule has 4 aliphatic rings. The van der Waals surface area contributed by atoms with Crippen molar-refractivity contribution in [3.63, 3.8) is 0 Å². The number of hydrogen-bond donors (Lipinski definition) is 4. The van der Waals surface area contributed by atoms with Gasteiger partial charge in [0.25, 0.3) is 11.8 Å². The number of benzene rings is 6. The number of methoxy groups -OCH3 is 1. The number of H-pyrrole nitrogens is 2. The number of nitrogens with one attached hydrogen (secondary N) is 3. The van der Waals surface area contributed by atoms with E-state index in [0.717, 1.165) is 91.5 Å². The summed E-state index contributed by atoms with van der Waals surface area (Å²) in [6, 6.07) is 41.5. The molecule has 8 aromatic rings. The summed E-state index contributed by atoms with van der Waals surface area (Å²) in [4.78, 5) is 75.2. The zero-order valence-electron chi connectivity index (χ0n) is 37.4. The number of fused-ring (bicyclic) bond motifs is 5. The van der Waals surface area contributed by atoms with E-state index < -0.39 is 24.3 Å². The normalized spacial score (nSPS) is 22.1. The Morgan fingerprint density at radius 3 is 1.60 bits per heavy atom. The van der Waals surface area contributed by atoms with E-state index >= 15 is 0 Å². The third-order valence-electron chi connectivity index (χ3n) is 14.7. The van der Waals surface area contributed by atoms with E-state index in [-0.39, 0.29) is 36.0 Å². The zero-order chi connectivity index (χ0) is 46.4. The standard InChI is InChI=1S/C54H48N8O6/c1-60(54(66)67)48(30-11-7-4-8-12-30)52(64)62-44-26-38(44)28-46(62)50-56-40-20-18-36(24-42(40)58-50)34-16-14-31-21-33(15-13-32(31)22-34)35-17-19-39-41(23-35)57-49(55-39)45-27-37-25-43(37)61(45)51(63)47(59-53(65)68-2)29-9-5-3-6-10-29/h3-24,37-38,43-48H,25-28H2,1-2H3,(H,55,57)(H,56,58)(H,59,65)(H,66,67)/t37-,38-,43-,44-,45+,46+,47+,48-/m1/s1. The van der Waals surface area contributed by atoms with Crippen molar-refractivity contribution in [3.8, 4) is 22.3 Å². The van der Waals surface area contributed by atoms with Gasteiger partial charge in [-0.1, -0.05) is 97.1 Å². The molecule has 14 heteroatoms. The number of ether oxygens (including phenoxy) is 1. The van der Waals surface area contributed by atoms with Crippen molar-refractivity contribution in [3.05, 3.63) is 156 Å². The van der Waals surface area contributed by atoms with Crippen molar-refractivity contribution < 1.29 is 29.0 Å². The second kappa shape index (κ2) is 16.1. The highest BCUT2D eigenvalue weighted by atomic mass is 16.5. The lowest BCUT2D eigenvalue weighted by atomic mass is 9.97. The number of likely N-dealkylation sites (N-methyl/N-ethyl adjacent to an activating group) is 1. The number of aromatic amines is 2. The Morgan fingerprint density at radius 2 is 1.10 bits per heavy atom. The molecule has 2 saturated carbocycles. The van der Waals surface area contributed by atoms with Gasteiger partial charge in [-0.05, 0) is 118 Å². The molecule has 2 aromatic heterocycles. The molecule has 14 nitrogen and oxygen atoms in total. The van der Waals surface area contributed by atoms with Crippen LogP contribution < -0.4 is 5.32 Å². The Morgan fingerprint density at radius 1 is 0.632 bits per heavy atom. The van der Waals surface area contributed by atoms with Gasteiger partial charge < -0.3 is 34.9 Å². The number of imidazole rings is 2. The molecule has 340 valence electrons. The Labute approximate surface area is 390 Å². The van der Waals surface area contributed by atoms with Gasteiger partial charge in [0.2, 0.25) is 0 Å². The summed E-state index contributed by atoms with van der Waals surface area (Å²) in [5.74, 6) is 1.82. The number of nitrogens with zero attached hydrogens (tertiary/aromatic N) is 5. The van der Waals surface area contributed by atoms with Crippen LogP contribution in [0, 0.1) is 11.8 Å². The second-order valence-electron chi connectivity index (χ2n) is 18.8. The SMILES string of the molecule is COC(=O)N[C@H](C(=O)N1[C@@H]2C[C@@H]2C[C@H]1c1nc2ccc(-c3ccc4cc(-c5ccc6nc([C@@H]7C[C@H]8C[C@H]8N7C(=O)[C@@H](c7ccccc7)N(C)C(=O)O)[nH]c6c5)ccc4c3)cc2[nH]1)c1ccccc1. The molecular weight excluding hydrogens is 857 g/mol. The summed E-state index contributed by atoms with van der Waals surface area (Å²) >= 11 is 0. The highest BCUT2D eigenvalue weighted by molar-refractivity contribution is 5.94. The molecule has 4 amide bonds. The van der Waals surface area contributed by atoms with Crippen molar-refractivity contribution in [1.29, 1.82) is 0 Å². The molecule has 4 fully saturated rings. The first-order chi connectivity index (χ1) is 33.1. The van der Waals surface area contributed by atoms with Crippen molar-refractivity contribution in [2.45, 2.75) is 61.9 Å². The van der Waals surface area contributed by atoms with E-state index in [9.17, 15) is 24.3 Å². The third kappa shape index (κ3) is 7.18. The van der Waals surface area contributed by atoms with Crippen molar-refractivity contribution in [2.75, 3.05) is 14.2 Å². The molecule has 12 rings (SSSR count). The zero-order valence-corrected chi connectivity index (χ0v) is 37.4. The molecule has 8 atom stereocenters. The van der Waals surface area contributed by atoms with E-state index in [2.05, 4.69) is 75.9 Å². The average Bonchev–Trinajstić information content (AvgIpc) is 4.02. The predicted molar refractivity (Wildman–Crippen MR) is 256 cm³/mol. The minimum atomic E-state index is -1.16. The van der Waals surface area contributed by atoms with E-state index in [1.54, 1.807) is 12.1 Å². The first-order valence-corrected chi connectivity index (χ1v) is 23.2. The summed E-state index contributed by atoms with van der Waals surface area (Å²) < 4.78 is 4.90. The Kier molecular flexibility index (Phi) is 9.82. The molecule has 0 unspecified atom stereocenters. The van der Waals surface area contributed by atoms with Gasteiger partial charge in [0.05, 0.1) is 41.3 Å². The minimum Gasteiger partial charge on any atom is -0.465 e. The number of aromatic nitrogens is 4. The number of piperidine rings is 2. The molecule has 68 heavy (non-hydrogen) atoms. The van der Waals surface area contributed by atoms with Crippen LogP contribution in [0.25, 0.3) is 55.1 Å². The molecule has 0 bridgehead atoms. The molecule has 2 aliphatic heterocycles. The lowest BCUT2D eigenvalue weighted by Gasteiger charge is -2.33. The molecular formula is C54H48N8O6. The molecule has 0 radical (unpaired) electrons. The Bertz CT molecular complexity index is 3320. The fraction of sp³-hybridized carbons (Fsp3) is 0.259. The topological polar surface area (TPSA) is 177 Å². The summed E-state index contributed by atoms with van der Waals surface area (Å²) in [5, 5.41) is 14.9. The van der Waals surface area contributed by atoms with Crippen LogP contribution in [0.5, 0.6) is 0 Å². The highest BCUT2D eigenvalue weighted by Gasteiger charge is 2.57. The van der Waals surface area contributed by atoms with Crippen LogP contribution in [0.3, 0.4) is 0 Å². The van der Waals surface area contributed by atoms with Crippen LogP contribution in [-0.2, 0) is 14.3 Å². The lowest BCUT2D eigenvalue weighted by molar-refractivity contribution is -0.138. The van der Waals surface area contributed by atoms with Crippen molar-refractivity contribution >= 4 is 56.8 Å². The molecule has 4 heterocycles. The molecule has 6 aromatic carbocycles. The number of carboxylic acid groups (broad SMARTS) is 1. The van der Waals surface area contributed by atoms with Crippen molar-refractivity contribution in [1.82, 2.24) is 40.0 Å². The number of alkyl carbamates (subject to hydrolysis) is 1. The predicted octanol–water partition coefficient (Wildman–Crippen LogP) is 9.70. The summed E-state index contributed by atoms with van der Waals surface area (Å²) in [7, 11) is 2.75. The average molecular weight is 905 g/mol. The van der Waals surface area contributed by atoms with Gasteiger partial charge in [0, 0.05) is 19.1 Å². The van der Waals surface area contributed by atoms with Gasteiger partial charge in [-0.25, -0.2) is 19.6 Å². The number of carbonyl (C=O) groups excluding carboxylic acids is 3. The first-order valence-electron chi connectivity index (χ1n) is 23.2. The Hall–Kier alpha value is -8.00. The van der Waals surface area contributed by atoms with Crippen molar-refractivity contribution in [2.24, 2.45) is 11.8 Å². The van der Waals surface area contributed by atoms with Crippen LogP contribution in [-0.4, -0.2) is 90.0 Å². The van der Waals surface area contributed by atoms with Crippen LogP contribution in [0.1, 0.15) is 72.6 Å². The maximum Gasteiger partial charge on any atom is 0.407 e. The van der Waals surface area contributed by atoms with Crippen LogP contribution >= 0.6 is 0 Å². The van der Waals surface area contributed by atoms with Gasteiger partial charge in [0.1, 0.15) is 23.7 Å². The maximum absolute atomic E-state index is 14.3. The number of amides is 4.